The van der Waals surface area contributed by atoms with Crippen LogP contribution in [0.5, 0.6) is 0 Å². The molecule has 0 radical (unpaired) electrons. The molecule has 1 atom stereocenters. The summed E-state index contributed by atoms with van der Waals surface area (Å²) in [5, 5.41) is 13.6. The van der Waals surface area contributed by atoms with Crippen molar-refractivity contribution in [3.05, 3.63) is 50.4 Å². The average Bonchev–Trinajstić information content (AvgIpc) is 3.02. The summed E-state index contributed by atoms with van der Waals surface area (Å²) in [7, 11) is 1.83. The summed E-state index contributed by atoms with van der Waals surface area (Å²) >= 11 is 4.80. The molecule has 21 heavy (non-hydrogen) atoms. The highest BCUT2D eigenvalue weighted by atomic mass is 79.9. The van der Waals surface area contributed by atoms with E-state index in [9.17, 15) is 4.39 Å². The highest BCUT2D eigenvalue weighted by molar-refractivity contribution is 9.10. The predicted molar refractivity (Wildman–Crippen MR) is 87.7 cm³/mol. The first-order valence-corrected chi connectivity index (χ1v) is 7.86. The maximum absolute atomic E-state index is 14.5. The van der Waals surface area contributed by atoms with E-state index < -0.39 is 5.82 Å². The van der Waals surface area contributed by atoms with Gasteiger partial charge in [0.1, 0.15) is 0 Å². The number of hydrogen-bond donors (Lipinski definition) is 2. The fourth-order valence-electron chi connectivity index (χ4n) is 1.99. The minimum absolute atomic E-state index is 0.0427. The lowest BCUT2D eigenvalue weighted by atomic mass is 10.1. The van der Waals surface area contributed by atoms with Crippen molar-refractivity contribution >= 4 is 38.8 Å². The maximum Gasteiger partial charge on any atom is 0.171 e. The molecule has 1 unspecified atom stereocenters. The average molecular weight is 372 g/mol. The third-order valence-electron chi connectivity index (χ3n) is 3.36. The van der Waals surface area contributed by atoms with Crippen LogP contribution in [0.15, 0.2) is 39.3 Å². The Hall–Kier alpha value is -1.60. The van der Waals surface area contributed by atoms with Gasteiger partial charge in [0, 0.05) is 17.5 Å². The number of oxime groups is 1. The van der Waals surface area contributed by atoms with Crippen molar-refractivity contribution in [1.82, 2.24) is 0 Å². The standard InChI is InChI=1S/C14H15BrFN3OS/c1-8(11-4-3-7-21-11)19(2)10-6-5-9(14(17)18-20)12(15)13(10)16/h3-8,20H,1-2H3,(H2,17,18). The van der Waals surface area contributed by atoms with Gasteiger partial charge in [-0.25, -0.2) is 4.39 Å². The van der Waals surface area contributed by atoms with Gasteiger partial charge in [-0.2, -0.15) is 0 Å². The van der Waals surface area contributed by atoms with Crippen LogP contribution in [-0.4, -0.2) is 18.1 Å². The molecule has 0 bridgehead atoms. The number of benzene rings is 1. The molecular weight excluding hydrogens is 357 g/mol. The van der Waals surface area contributed by atoms with Crippen LogP contribution in [0.25, 0.3) is 0 Å². The second kappa shape index (κ2) is 6.44. The van der Waals surface area contributed by atoms with Crippen molar-refractivity contribution in [2.24, 2.45) is 10.9 Å². The molecule has 4 nitrogen and oxygen atoms in total. The molecule has 2 aromatic rings. The van der Waals surface area contributed by atoms with Gasteiger partial charge in [0.25, 0.3) is 0 Å². The molecule has 0 spiro atoms. The molecule has 0 amide bonds. The van der Waals surface area contributed by atoms with E-state index in [-0.39, 0.29) is 16.4 Å². The van der Waals surface area contributed by atoms with Gasteiger partial charge in [-0.3, -0.25) is 0 Å². The van der Waals surface area contributed by atoms with Crippen LogP contribution in [0.2, 0.25) is 0 Å². The molecule has 0 aliphatic carbocycles. The first kappa shape index (κ1) is 15.8. The summed E-state index contributed by atoms with van der Waals surface area (Å²) in [5.41, 5.74) is 6.28. The van der Waals surface area contributed by atoms with Gasteiger partial charge in [0.15, 0.2) is 11.7 Å². The monoisotopic (exact) mass is 371 g/mol. The minimum Gasteiger partial charge on any atom is -0.409 e. The smallest absolute Gasteiger partial charge is 0.171 e. The second-order valence-corrected chi connectivity index (χ2v) is 6.32. The third kappa shape index (κ3) is 3.03. The Morgan fingerprint density at radius 2 is 2.19 bits per heavy atom. The number of nitrogens with zero attached hydrogens (tertiary/aromatic N) is 2. The predicted octanol–water partition coefficient (Wildman–Crippen LogP) is 3.94. The quantitative estimate of drug-likeness (QED) is 0.370. The van der Waals surface area contributed by atoms with Crippen LogP contribution in [0, 0.1) is 5.82 Å². The van der Waals surface area contributed by atoms with Crippen molar-refractivity contribution in [3.8, 4) is 0 Å². The Morgan fingerprint density at radius 3 is 2.76 bits per heavy atom. The van der Waals surface area contributed by atoms with E-state index >= 15 is 0 Å². The Bertz CT molecular complexity index is 660. The van der Waals surface area contributed by atoms with Crippen LogP contribution < -0.4 is 10.6 Å². The zero-order valence-electron chi connectivity index (χ0n) is 11.5. The van der Waals surface area contributed by atoms with E-state index in [1.807, 2.05) is 36.4 Å². The fourth-order valence-corrected chi connectivity index (χ4v) is 3.36. The molecule has 3 N–H and O–H groups in total. The maximum atomic E-state index is 14.5. The fraction of sp³-hybridized carbons (Fsp3) is 0.214. The van der Waals surface area contributed by atoms with Crippen molar-refractivity contribution < 1.29 is 9.60 Å². The lowest BCUT2D eigenvalue weighted by Crippen LogP contribution is -2.23. The summed E-state index contributed by atoms with van der Waals surface area (Å²) in [6, 6.07) is 7.27. The molecule has 1 aromatic carbocycles. The molecule has 0 aliphatic rings. The molecular formula is C14H15BrFN3OS. The molecule has 1 heterocycles. The normalized spacial score (nSPS) is 13.2. The van der Waals surface area contributed by atoms with Crippen LogP contribution in [0.3, 0.4) is 0 Å². The number of thiophene rings is 1. The van der Waals surface area contributed by atoms with Gasteiger partial charge in [0.05, 0.1) is 16.2 Å². The lowest BCUT2D eigenvalue weighted by molar-refractivity contribution is 0.318. The summed E-state index contributed by atoms with van der Waals surface area (Å²) in [5.74, 6) is -0.578. The van der Waals surface area contributed by atoms with E-state index in [1.54, 1.807) is 23.5 Å². The van der Waals surface area contributed by atoms with E-state index in [0.29, 0.717) is 11.3 Å². The van der Waals surface area contributed by atoms with E-state index in [4.69, 9.17) is 10.9 Å². The summed E-state index contributed by atoms with van der Waals surface area (Å²) in [6.45, 7) is 2.01. The summed E-state index contributed by atoms with van der Waals surface area (Å²) < 4.78 is 14.7. The lowest BCUT2D eigenvalue weighted by Gasteiger charge is -2.27. The summed E-state index contributed by atoms with van der Waals surface area (Å²) in [6.07, 6.45) is 0. The number of hydrogen-bond acceptors (Lipinski definition) is 4. The Labute approximate surface area is 134 Å². The highest BCUT2D eigenvalue weighted by Crippen LogP contribution is 2.34. The molecule has 0 saturated carbocycles. The van der Waals surface area contributed by atoms with Crippen molar-refractivity contribution in [1.29, 1.82) is 0 Å². The van der Waals surface area contributed by atoms with E-state index in [0.717, 1.165) is 4.88 Å². The molecule has 112 valence electrons. The van der Waals surface area contributed by atoms with Gasteiger partial charge in [-0.1, -0.05) is 11.2 Å². The third-order valence-corrected chi connectivity index (χ3v) is 5.18. The van der Waals surface area contributed by atoms with Gasteiger partial charge in [-0.05, 0) is 46.4 Å². The van der Waals surface area contributed by atoms with Gasteiger partial charge >= 0.3 is 0 Å². The molecule has 0 saturated heterocycles. The number of anilines is 1. The van der Waals surface area contributed by atoms with E-state index in [2.05, 4.69) is 21.1 Å². The molecule has 7 heteroatoms. The minimum atomic E-state index is -0.440. The van der Waals surface area contributed by atoms with Gasteiger partial charge < -0.3 is 15.8 Å². The highest BCUT2D eigenvalue weighted by Gasteiger charge is 2.20. The van der Waals surface area contributed by atoms with Crippen LogP contribution in [-0.2, 0) is 0 Å². The molecule has 1 aromatic heterocycles. The number of halogens is 2. The van der Waals surface area contributed by atoms with Crippen LogP contribution in [0.1, 0.15) is 23.4 Å². The summed E-state index contributed by atoms with van der Waals surface area (Å²) in [4.78, 5) is 3.00. The van der Waals surface area contributed by atoms with Crippen molar-refractivity contribution in [2.75, 3.05) is 11.9 Å². The first-order chi connectivity index (χ1) is 9.97. The Morgan fingerprint density at radius 1 is 1.48 bits per heavy atom. The van der Waals surface area contributed by atoms with Crippen molar-refractivity contribution in [2.45, 2.75) is 13.0 Å². The Kier molecular flexibility index (Phi) is 4.84. The van der Waals surface area contributed by atoms with E-state index in [1.165, 1.54) is 0 Å². The van der Waals surface area contributed by atoms with Crippen LogP contribution >= 0.6 is 27.3 Å². The van der Waals surface area contributed by atoms with Crippen LogP contribution in [0.4, 0.5) is 10.1 Å². The van der Waals surface area contributed by atoms with Gasteiger partial charge in [0.2, 0.25) is 0 Å². The molecule has 2 rings (SSSR count). The molecule has 0 aliphatic heterocycles. The van der Waals surface area contributed by atoms with Gasteiger partial charge in [-0.15, -0.1) is 11.3 Å². The SMILES string of the molecule is CC(c1cccs1)N(C)c1ccc(/C(N)=N/O)c(Br)c1F. The topological polar surface area (TPSA) is 61.8 Å². The second-order valence-electron chi connectivity index (χ2n) is 4.55. The number of amidine groups is 1. The first-order valence-electron chi connectivity index (χ1n) is 6.19. The zero-order valence-corrected chi connectivity index (χ0v) is 13.9. The Balaban J connectivity index is 2.39. The number of rotatable bonds is 4. The molecule has 0 fully saturated rings. The number of nitrogens with two attached hydrogens (primary N) is 1. The van der Waals surface area contributed by atoms with Crippen molar-refractivity contribution in [3.63, 3.8) is 0 Å². The zero-order chi connectivity index (χ0) is 15.6. The largest absolute Gasteiger partial charge is 0.409 e.